The Labute approximate surface area is 213 Å². The summed E-state index contributed by atoms with van der Waals surface area (Å²) in [6.07, 6.45) is 2.95. The Bertz CT molecular complexity index is 1510. The highest BCUT2D eigenvalue weighted by Crippen LogP contribution is 2.39. The molecule has 4 heterocycles. The van der Waals surface area contributed by atoms with Crippen molar-refractivity contribution in [3.63, 3.8) is 0 Å². The Kier molecular flexibility index (Phi) is 6.18. The number of thiophene rings is 1. The lowest BCUT2D eigenvalue weighted by Crippen LogP contribution is -2.31. The van der Waals surface area contributed by atoms with Gasteiger partial charge in [-0.3, -0.25) is 14.3 Å². The molecule has 0 spiro atoms. The van der Waals surface area contributed by atoms with Gasteiger partial charge in [0, 0.05) is 23.4 Å². The van der Waals surface area contributed by atoms with E-state index in [1.165, 1.54) is 16.9 Å². The van der Waals surface area contributed by atoms with Crippen molar-refractivity contribution in [2.24, 2.45) is 0 Å². The predicted molar refractivity (Wildman–Crippen MR) is 139 cm³/mol. The molecule has 2 aliphatic heterocycles. The van der Waals surface area contributed by atoms with Gasteiger partial charge >= 0.3 is 0 Å². The van der Waals surface area contributed by atoms with Crippen molar-refractivity contribution in [1.29, 1.82) is 5.26 Å². The van der Waals surface area contributed by atoms with Crippen LogP contribution in [-0.2, 0) is 13.1 Å². The van der Waals surface area contributed by atoms with Gasteiger partial charge in [0.05, 0.1) is 31.2 Å². The second-order valence-corrected chi connectivity index (χ2v) is 10.0. The number of likely N-dealkylation sites (tertiary alicyclic amines) is 1. The molecule has 0 radical (unpaired) electrons. The van der Waals surface area contributed by atoms with Crippen LogP contribution in [0.3, 0.4) is 0 Å². The minimum absolute atomic E-state index is 0.0241. The smallest absolute Gasteiger partial charge is 0.263 e. The highest BCUT2D eigenvalue weighted by molar-refractivity contribution is 7.17. The normalized spacial score (nSPS) is 17.7. The third-order valence-corrected chi connectivity index (χ3v) is 7.82. The zero-order valence-corrected chi connectivity index (χ0v) is 20.7. The first-order valence-corrected chi connectivity index (χ1v) is 13.2. The van der Waals surface area contributed by atoms with E-state index >= 15 is 0 Å². The summed E-state index contributed by atoms with van der Waals surface area (Å²) in [5.41, 5.74) is 2.88. The first-order chi connectivity index (χ1) is 17.7. The molecule has 1 fully saturated rings. The Morgan fingerprint density at radius 3 is 2.75 bits per heavy atom. The molecule has 0 N–H and O–H groups in total. The van der Waals surface area contributed by atoms with Crippen molar-refractivity contribution in [1.82, 2.24) is 14.5 Å². The Morgan fingerprint density at radius 2 is 1.92 bits per heavy atom. The lowest BCUT2D eigenvalue weighted by Gasteiger charge is -2.26. The molecule has 0 aliphatic carbocycles. The van der Waals surface area contributed by atoms with E-state index in [9.17, 15) is 10.1 Å². The number of hydrogen-bond donors (Lipinski definition) is 0. The first-order valence-electron chi connectivity index (χ1n) is 12.3. The summed E-state index contributed by atoms with van der Waals surface area (Å²) in [6.45, 7) is 2.70. The van der Waals surface area contributed by atoms with E-state index in [1.54, 1.807) is 4.57 Å². The van der Waals surface area contributed by atoms with E-state index in [-0.39, 0.29) is 18.1 Å². The summed E-state index contributed by atoms with van der Waals surface area (Å²) in [5.74, 6) is 2.23. The number of fused-ring (bicyclic) bond motifs is 2. The molecule has 2 aliphatic rings. The third-order valence-electron chi connectivity index (χ3n) is 6.95. The van der Waals surface area contributed by atoms with Crippen molar-refractivity contribution >= 4 is 21.6 Å². The molecule has 0 bridgehead atoms. The Hall–Kier alpha value is -3.67. The monoisotopic (exact) mass is 498 g/mol. The van der Waals surface area contributed by atoms with Crippen LogP contribution in [0.1, 0.15) is 36.7 Å². The third kappa shape index (κ3) is 4.15. The number of hydrogen-bond acceptors (Lipinski definition) is 7. The molecule has 36 heavy (non-hydrogen) atoms. The van der Waals surface area contributed by atoms with Gasteiger partial charge in [-0.2, -0.15) is 5.26 Å². The van der Waals surface area contributed by atoms with Crippen molar-refractivity contribution in [3.05, 3.63) is 75.7 Å². The highest BCUT2D eigenvalue weighted by atomic mass is 32.1. The predicted octanol–water partition coefficient (Wildman–Crippen LogP) is 5.15. The van der Waals surface area contributed by atoms with Gasteiger partial charge < -0.3 is 9.47 Å². The molecular formula is C28H26N4O3S. The van der Waals surface area contributed by atoms with Gasteiger partial charge in [0.1, 0.15) is 17.2 Å². The number of benzene rings is 2. The Balaban J connectivity index is 1.36. The standard InChI is InChI=1S/C28H26N4O3S/c29-11-13-32-25(30-27-26(28(32)33)21(18-36-27)19-6-2-1-3-7-19)17-31-12-4-8-22(31)20-9-10-23-24(16-20)35-15-5-14-34-23/h1-3,6-7,9-10,16,18,22H,4-5,8,12-15,17H2/t22-/m1/s1. The van der Waals surface area contributed by atoms with Gasteiger partial charge in [-0.05, 0) is 42.6 Å². The number of nitrogens with zero attached hydrogens (tertiary/aromatic N) is 4. The molecule has 0 saturated carbocycles. The van der Waals surface area contributed by atoms with E-state index in [1.807, 2.05) is 41.8 Å². The van der Waals surface area contributed by atoms with E-state index in [0.717, 1.165) is 53.3 Å². The van der Waals surface area contributed by atoms with Crippen LogP contribution >= 0.6 is 11.3 Å². The maximum absolute atomic E-state index is 13.6. The molecule has 4 aromatic rings. The van der Waals surface area contributed by atoms with Crippen LogP contribution in [0, 0.1) is 11.3 Å². The van der Waals surface area contributed by atoms with Gasteiger partial charge in [-0.1, -0.05) is 36.4 Å². The summed E-state index contributed by atoms with van der Waals surface area (Å²) in [5, 5.41) is 12.1. The van der Waals surface area contributed by atoms with Crippen LogP contribution in [-0.4, -0.2) is 34.2 Å². The zero-order chi connectivity index (χ0) is 24.5. The van der Waals surface area contributed by atoms with Crippen LogP contribution in [0.25, 0.3) is 21.3 Å². The number of aromatic nitrogens is 2. The van der Waals surface area contributed by atoms with Gasteiger partial charge in [-0.15, -0.1) is 11.3 Å². The molecule has 1 saturated heterocycles. The highest BCUT2D eigenvalue weighted by Gasteiger charge is 2.29. The van der Waals surface area contributed by atoms with Gasteiger partial charge in [0.25, 0.3) is 5.56 Å². The van der Waals surface area contributed by atoms with Gasteiger partial charge in [-0.25, -0.2) is 4.98 Å². The topological polar surface area (TPSA) is 80.4 Å². The quantitative estimate of drug-likeness (QED) is 0.379. The fourth-order valence-electron chi connectivity index (χ4n) is 5.21. The largest absolute Gasteiger partial charge is 0.490 e. The minimum Gasteiger partial charge on any atom is -0.490 e. The Morgan fingerprint density at radius 1 is 1.08 bits per heavy atom. The maximum atomic E-state index is 13.6. The lowest BCUT2D eigenvalue weighted by molar-refractivity contribution is 0.237. The number of ether oxygens (including phenoxy) is 2. The molecule has 182 valence electrons. The van der Waals surface area contributed by atoms with Crippen LogP contribution in [0.5, 0.6) is 11.5 Å². The molecular weight excluding hydrogens is 472 g/mol. The SMILES string of the molecule is N#CCn1c(CN2CCC[C@@H]2c2ccc3c(c2)OCCCO3)nc2scc(-c3ccccc3)c2c1=O. The summed E-state index contributed by atoms with van der Waals surface area (Å²) in [7, 11) is 0. The fraction of sp³-hybridized carbons (Fsp3) is 0.321. The second kappa shape index (κ2) is 9.76. The minimum atomic E-state index is -0.150. The van der Waals surface area contributed by atoms with E-state index in [2.05, 4.69) is 23.1 Å². The molecule has 8 heteroatoms. The molecule has 0 unspecified atom stereocenters. The molecule has 7 nitrogen and oxygen atoms in total. The summed E-state index contributed by atoms with van der Waals surface area (Å²) in [6, 6.07) is 18.4. The number of rotatable bonds is 5. The van der Waals surface area contributed by atoms with Crippen LogP contribution in [0.2, 0.25) is 0 Å². The van der Waals surface area contributed by atoms with Crippen molar-refractivity contribution in [2.45, 2.75) is 38.4 Å². The first kappa shape index (κ1) is 22.8. The number of nitriles is 1. The molecule has 1 atom stereocenters. The van der Waals surface area contributed by atoms with E-state index in [0.29, 0.717) is 31.0 Å². The van der Waals surface area contributed by atoms with E-state index in [4.69, 9.17) is 14.5 Å². The fourth-order valence-corrected chi connectivity index (χ4v) is 6.17. The van der Waals surface area contributed by atoms with Gasteiger partial charge in [0.15, 0.2) is 11.5 Å². The maximum Gasteiger partial charge on any atom is 0.263 e. The zero-order valence-electron chi connectivity index (χ0n) is 19.9. The van der Waals surface area contributed by atoms with Crippen LogP contribution in [0.15, 0.2) is 58.7 Å². The average Bonchev–Trinajstić information content (AvgIpc) is 3.47. The van der Waals surface area contributed by atoms with Crippen LogP contribution in [0.4, 0.5) is 0 Å². The van der Waals surface area contributed by atoms with Gasteiger partial charge in [0.2, 0.25) is 0 Å². The van der Waals surface area contributed by atoms with Crippen LogP contribution < -0.4 is 15.0 Å². The van der Waals surface area contributed by atoms with E-state index < -0.39 is 0 Å². The summed E-state index contributed by atoms with van der Waals surface area (Å²) >= 11 is 1.48. The van der Waals surface area contributed by atoms with Crippen molar-refractivity contribution < 1.29 is 9.47 Å². The molecule has 2 aromatic heterocycles. The molecule has 2 aromatic carbocycles. The summed E-state index contributed by atoms with van der Waals surface area (Å²) < 4.78 is 13.3. The average molecular weight is 499 g/mol. The lowest BCUT2D eigenvalue weighted by atomic mass is 10.0. The molecule has 6 rings (SSSR count). The molecule has 0 amide bonds. The van der Waals surface area contributed by atoms with Crippen molar-refractivity contribution in [3.8, 4) is 28.7 Å². The second-order valence-electron chi connectivity index (χ2n) is 9.16. The summed E-state index contributed by atoms with van der Waals surface area (Å²) in [4.78, 5) is 21.6. The van der Waals surface area contributed by atoms with Crippen molar-refractivity contribution in [2.75, 3.05) is 19.8 Å².